The van der Waals surface area contributed by atoms with Gasteiger partial charge >= 0.3 is 0 Å². The van der Waals surface area contributed by atoms with Crippen LogP contribution in [0, 0.1) is 11.3 Å². The summed E-state index contributed by atoms with van der Waals surface area (Å²) in [5.41, 5.74) is -0.297. The summed E-state index contributed by atoms with van der Waals surface area (Å²) >= 11 is 0. The van der Waals surface area contributed by atoms with Crippen molar-refractivity contribution in [2.75, 3.05) is 13.1 Å². The van der Waals surface area contributed by atoms with E-state index in [4.69, 9.17) is 0 Å². The molecule has 19 heavy (non-hydrogen) atoms. The number of carbonyl (C=O) groups excluding carboxylic acids is 1. The Hall–Kier alpha value is -0.570. The van der Waals surface area contributed by atoms with Gasteiger partial charge in [0.05, 0.1) is 0 Å². The van der Waals surface area contributed by atoms with Crippen molar-refractivity contribution < 1.29 is 4.79 Å². The molecular formula is C16H32N2O. The van der Waals surface area contributed by atoms with Crippen molar-refractivity contribution in [1.29, 1.82) is 0 Å². The molecule has 2 N–H and O–H groups in total. The maximum atomic E-state index is 12.7. The first-order chi connectivity index (χ1) is 8.91. The molecule has 1 aliphatic heterocycles. The summed E-state index contributed by atoms with van der Waals surface area (Å²) in [7, 11) is 0. The summed E-state index contributed by atoms with van der Waals surface area (Å²) in [4.78, 5) is 12.7. The Morgan fingerprint density at radius 2 is 1.79 bits per heavy atom. The fraction of sp³-hybridized carbons (Fsp3) is 0.938. The topological polar surface area (TPSA) is 41.1 Å². The largest absolute Gasteiger partial charge is 0.350 e. The lowest BCUT2D eigenvalue weighted by Gasteiger charge is -2.40. The molecule has 1 fully saturated rings. The number of hydrogen-bond acceptors (Lipinski definition) is 2. The zero-order valence-corrected chi connectivity index (χ0v) is 13.4. The van der Waals surface area contributed by atoms with E-state index >= 15 is 0 Å². The highest BCUT2D eigenvalue weighted by molar-refractivity contribution is 5.83. The number of rotatable bonds is 6. The van der Waals surface area contributed by atoms with Crippen LogP contribution in [0.5, 0.6) is 0 Å². The summed E-state index contributed by atoms with van der Waals surface area (Å²) in [6, 6.07) is 0. The van der Waals surface area contributed by atoms with E-state index in [9.17, 15) is 4.79 Å². The molecule has 3 nitrogen and oxygen atoms in total. The number of carbonyl (C=O) groups is 1. The number of hydrogen-bond donors (Lipinski definition) is 2. The van der Waals surface area contributed by atoms with E-state index in [1.807, 2.05) is 0 Å². The third-order valence-electron chi connectivity index (χ3n) is 5.31. The van der Waals surface area contributed by atoms with Crippen molar-refractivity contribution in [1.82, 2.24) is 10.6 Å². The average Bonchev–Trinajstić information content (AvgIpc) is 2.45. The Morgan fingerprint density at radius 3 is 2.21 bits per heavy atom. The van der Waals surface area contributed by atoms with Gasteiger partial charge < -0.3 is 10.6 Å². The molecule has 0 saturated carbocycles. The highest BCUT2D eigenvalue weighted by Crippen LogP contribution is 2.33. The summed E-state index contributed by atoms with van der Waals surface area (Å²) in [5, 5.41) is 6.77. The van der Waals surface area contributed by atoms with Gasteiger partial charge in [-0.15, -0.1) is 0 Å². The minimum atomic E-state index is -0.280. The Kier molecular flexibility index (Phi) is 5.84. The standard InChI is InChI=1S/C16H32N2O/c1-6-16(7-2,8-3)18-14(19)15(4,5)13-10-9-11-17-12-13/h13,17H,6-12H2,1-5H3,(H,18,19). The van der Waals surface area contributed by atoms with Crippen LogP contribution in [0.1, 0.15) is 66.7 Å². The van der Waals surface area contributed by atoms with Crippen LogP contribution in [-0.4, -0.2) is 24.5 Å². The normalized spacial score (nSPS) is 21.2. The van der Waals surface area contributed by atoms with Crippen LogP contribution in [0.25, 0.3) is 0 Å². The van der Waals surface area contributed by atoms with Gasteiger partial charge in [-0.1, -0.05) is 34.6 Å². The zero-order valence-electron chi connectivity index (χ0n) is 13.4. The molecule has 1 atom stereocenters. The van der Waals surface area contributed by atoms with E-state index in [1.165, 1.54) is 6.42 Å². The van der Waals surface area contributed by atoms with E-state index in [0.29, 0.717) is 5.92 Å². The molecule has 1 aliphatic rings. The molecule has 0 bridgehead atoms. The number of piperidine rings is 1. The van der Waals surface area contributed by atoms with Gasteiger partial charge in [0.15, 0.2) is 0 Å². The monoisotopic (exact) mass is 268 g/mol. The second-order valence-electron chi connectivity index (χ2n) is 6.56. The van der Waals surface area contributed by atoms with Gasteiger partial charge in [0, 0.05) is 11.0 Å². The average molecular weight is 268 g/mol. The molecule has 0 aromatic heterocycles. The molecule has 1 saturated heterocycles. The maximum Gasteiger partial charge on any atom is 0.226 e. The minimum Gasteiger partial charge on any atom is -0.350 e. The molecule has 112 valence electrons. The number of amides is 1. The van der Waals surface area contributed by atoms with Gasteiger partial charge in [-0.05, 0) is 51.1 Å². The van der Waals surface area contributed by atoms with E-state index in [0.717, 1.165) is 38.8 Å². The smallest absolute Gasteiger partial charge is 0.226 e. The summed E-state index contributed by atoms with van der Waals surface area (Å²) in [5.74, 6) is 0.677. The van der Waals surface area contributed by atoms with Crippen LogP contribution in [0.3, 0.4) is 0 Å². The molecule has 0 aromatic carbocycles. The van der Waals surface area contributed by atoms with Gasteiger partial charge in [-0.2, -0.15) is 0 Å². The van der Waals surface area contributed by atoms with Crippen molar-refractivity contribution in [2.24, 2.45) is 11.3 Å². The molecular weight excluding hydrogens is 236 g/mol. The predicted molar refractivity (Wildman–Crippen MR) is 81.1 cm³/mol. The van der Waals surface area contributed by atoms with Crippen LogP contribution >= 0.6 is 0 Å². The number of nitrogens with one attached hydrogen (secondary N) is 2. The first-order valence-corrected chi connectivity index (χ1v) is 7.95. The third kappa shape index (κ3) is 3.71. The Morgan fingerprint density at radius 1 is 1.21 bits per heavy atom. The van der Waals surface area contributed by atoms with Crippen molar-refractivity contribution in [3.63, 3.8) is 0 Å². The molecule has 1 heterocycles. The second-order valence-corrected chi connectivity index (χ2v) is 6.56. The van der Waals surface area contributed by atoms with Gasteiger partial charge in [0.2, 0.25) is 5.91 Å². The summed E-state index contributed by atoms with van der Waals surface area (Å²) < 4.78 is 0. The minimum absolute atomic E-state index is 0.0174. The SMILES string of the molecule is CCC(CC)(CC)NC(=O)C(C)(C)C1CCCNC1. The highest BCUT2D eigenvalue weighted by Gasteiger charge is 2.40. The quantitative estimate of drug-likeness (QED) is 0.777. The van der Waals surface area contributed by atoms with Gasteiger partial charge in [-0.3, -0.25) is 4.79 Å². The van der Waals surface area contributed by atoms with Gasteiger partial charge in [0.1, 0.15) is 0 Å². The predicted octanol–water partition coefficient (Wildman–Crippen LogP) is 3.10. The molecule has 1 rings (SSSR count). The summed E-state index contributed by atoms with van der Waals surface area (Å²) in [6.45, 7) is 12.8. The molecule has 0 radical (unpaired) electrons. The molecule has 0 aliphatic carbocycles. The lowest BCUT2D eigenvalue weighted by Crippen LogP contribution is -2.55. The van der Waals surface area contributed by atoms with Gasteiger partial charge in [0.25, 0.3) is 0 Å². The van der Waals surface area contributed by atoms with E-state index in [2.05, 4.69) is 45.3 Å². The van der Waals surface area contributed by atoms with E-state index in [1.54, 1.807) is 0 Å². The summed E-state index contributed by atoms with van der Waals surface area (Å²) in [6.07, 6.45) is 5.35. The molecule has 0 spiro atoms. The Labute approximate surface area is 118 Å². The lowest BCUT2D eigenvalue weighted by atomic mass is 9.73. The lowest BCUT2D eigenvalue weighted by molar-refractivity contribution is -0.135. The second kappa shape index (κ2) is 6.74. The highest BCUT2D eigenvalue weighted by atomic mass is 16.2. The molecule has 1 unspecified atom stereocenters. The van der Waals surface area contributed by atoms with Crippen molar-refractivity contribution in [2.45, 2.75) is 72.3 Å². The first-order valence-electron chi connectivity index (χ1n) is 7.95. The molecule has 0 aromatic rings. The maximum absolute atomic E-state index is 12.7. The van der Waals surface area contributed by atoms with Crippen LogP contribution in [0.2, 0.25) is 0 Å². The van der Waals surface area contributed by atoms with Crippen LogP contribution in [0.4, 0.5) is 0 Å². The van der Waals surface area contributed by atoms with Crippen molar-refractivity contribution >= 4 is 5.91 Å². The Bertz CT molecular complexity index is 281. The zero-order chi connectivity index (χ0) is 14.5. The molecule has 1 amide bonds. The van der Waals surface area contributed by atoms with Crippen molar-refractivity contribution in [3.05, 3.63) is 0 Å². The fourth-order valence-electron chi connectivity index (χ4n) is 3.07. The van der Waals surface area contributed by atoms with Crippen LogP contribution in [-0.2, 0) is 4.79 Å². The van der Waals surface area contributed by atoms with Crippen LogP contribution in [0.15, 0.2) is 0 Å². The third-order valence-corrected chi connectivity index (χ3v) is 5.31. The fourth-order valence-corrected chi connectivity index (χ4v) is 3.07. The van der Waals surface area contributed by atoms with Crippen molar-refractivity contribution in [3.8, 4) is 0 Å². The van der Waals surface area contributed by atoms with E-state index in [-0.39, 0.29) is 16.9 Å². The van der Waals surface area contributed by atoms with Gasteiger partial charge in [-0.25, -0.2) is 0 Å². The first kappa shape index (κ1) is 16.5. The van der Waals surface area contributed by atoms with E-state index < -0.39 is 0 Å². The Balaban J connectivity index is 2.74. The molecule has 3 heteroatoms. The van der Waals surface area contributed by atoms with Crippen LogP contribution < -0.4 is 10.6 Å².